The Morgan fingerprint density at radius 2 is 1.38 bits per heavy atom. The maximum absolute atomic E-state index is 15.5. The fourth-order valence-corrected chi connectivity index (χ4v) is 6.64. The van der Waals surface area contributed by atoms with Gasteiger partial charge in [-0.15, -0.1) is 11.3 Å². The molecule has 2 N–H and O–H groups in total. The summed E-state index contributed by atoms with van der Waals surface area (Å²) in [5.74, 6) is -7.34. The third-order valence-electron chi connectivity index (χ3n) is 7.60. The van der Waals surface area contributed by atoms with Crippen LogP contribution in [0.3, 0.4) is 0 Å². The fourth-order valence-electron chi connectivity index (χ4n) is 4.94. The molecule has 0 fully saturated rings. The molecule has 0 bridgehead atoms. The number of nitrogens with zero attached hydrogens (tertiary/aromatic N) is 1. The number of carboxylic acid groups (broad SMARTS) is 2. The predicted octanol–water partition coefficient (Wildman–Crippen LogP) is 6.60. The van der Waals surface area contributed by atoms with E-state index in [-0.39, 0.29) is 99.1 Å². The molecular weight excluding hydrogens is 687 g/mol. The Morgan fingerprint density at radius 3 is 1.96 bits per heavy atom. The van der Waals surface area contributed by atoms with Gasteiger partial charge in [0.25, 0.3) is 0 Å². The van der Waals surface area contributed by atoms with Crippen LogP contribution in [-0.2, 0) is 27.5 Å². The maximum atomic E-state index is 15.5. The summed E-state index contributed by atoms with van der Waals surface area (Å²) in [5.41, 5.74) is 0.464. The molecule has 2 heterocycles. The summed E-state index contributed by atoms with van der Waals surface area (Å²) in [4.78, 5) is 49.1. The molecule has 0 saturated heterocycles. The van der Waals surface area contributed by atoms with Gasteiger partial charge in [-0.2, -0.15) is 0 Å². The van der Waals surface area contributed by atoms with E-state index in [1.165, 1.54) is 39.0 Å². The third kappa shape index (κ3) is 7.34. The van der Waals surface area contributed by atoms with Crippen molar-refractivity contribution in [3.05, 3.63) is 43.8 Å². The molecule has 254 valence electrons. The number of ether oxygens (including phenoxy) is 4. The number of Topliss-reactive ketones (excluding diaryl/α,β-unsaturated/α-hetero) is 1. The van der Waals surface area contributed by atoms with Crippen molar-refractivity contribution in [3.63, 3.8) is 0 Å². The molecule has 2 aromatic carbocycles. The molecule has 1 aliphatic rings. The van der Waals surface area contributed by atoms with Gasteiger partial charge in [0.2, 0.25) is 5.91 Å². The average molecular weight is 719 g/mol. The summed E-state index contributed by atoms with van der Waals surface area (Å²) < 4.78 is 52.9. The monoisotopic (exact) mass is 717 g/mol. The number of amides is 1. The van der Waals surface area contributed by atoms with E-state index in [0.29, 0.717) is 5.56 Å². The Kier molecular flexibility index (Phi) is 11.4. The van der Waals surface area contributed by atoms with E-state index in [2.05, 4.69) is 0 Å². The zero-order valence-corrected chi connectivity index (χ0v) is 28.0. The van der Waals surface area contributed by atoms with Crippen LogP contribution in [0, 0.1) is 23.5 Å². The molecule has 11 nitrogen and oxygen atoms in total. The lowest BCUT2D eigenvalue weighted by Crippen LogP contribution is -2.28. The van der Waals surface area contributed by atoms with Crippen molar-refractivity contribution < 1.29 is 57.1 Å². The van der Waals surface area contributed by atoms with Crippen LogP contribution in [0.15, 0.2) is 6.07 Å². The fraction of sp³-hybridized carbons (Fsp3) is 0.419. The van der Waals surface area contributed by atoms with Crippen LogP contribution in [-0.4, -0.2) is 66.2 Å². The van der Waals surface area contributed by atoms with Gasteiger partial charge >= 0.3 is 11.9 Å². The van der Waals surface area contributed by atoms with Gasteiger partial charge in [-0.3, -0.25) is 19.2 Å². The van der Waals surface area contributed by atoms with E-state index in [9.17, 15) is 19.2 Å². The number of methoxy groups -OCH3 is 2. The first-order valence-corrected chi connectivity index (χ1v) is 15.9. The lowest BCUT2D eigenvalue weighted by atomic mass is 10.0. The first kappa shape index (κ1) is 36.0. The van der Waals surface area contributed by atoms with Gasteiger partial charge in [-0.25, -0.2) is 8.78 Å². The van der Waals surface area contributed by atoms with Gasteiger partial charge in [-0.05, 0) is 6.07 Å². The molecule has 2 unspecified atom stereocenters. The van der Waals surface area contributed by atoms with Gasteiger partial charge in [0.05, 0.1) is 58.9 Å². The van der Waals surface area contributed by atoms with Gasteiger partial charge in [-0.1, -0.05) is 37.0 Å². The lowest BCUT2D eigenvalue weighted by molar-refractivity contribution is -0.145. The number of halogens is 4. The number of aliphatic carboxylic acids is 2. The summed E-state index contributed by atoms with van der Waals surface area (Å²) in [7, 11) is 2.46. The van der Waals surface area contributed by atoms with Gasteiger partial charge < -0.3 is 34.1 Å². The summed E-state index contributed by atoms with van der Waals surface area (Å²) in [5, 5.41) is 18.5. The number of benzene rings is 2. The number of rotatable bonds is 15. The molecule has 0 saturated carbocycles. The Hall–Kier alpha value is -3.88. The van der Waals surface area contributed by atoms with Crippen LogP contribution >= 0.6 is 34.5 Å². The minimum absolute atomic E-state index is 0.0111. The van der Waals surface area contributed by atoms with Crippen LogP contribution in [0.1, 0.15) is 53.9 Å². The molecule has 16 heteroatoms. The van der Waals surface area contributed by atoms with Crippen molar-refractivity contribution in [3.8, 4) is 23.0 Å². The molecule has 47 heavy (non-hydrogen) atoms. The van der Waals surface area contributed by atoms with E-state index in [4.69, 9.17) is 52.4 Å². The number of thiophene rings is 1. The van der Waals surface area contributed by atoms with Crippen LogP contribution < -0.4 is 18.9 Å². The normalized spacial score (nSPS) is 13.7. The van der Waals surface area contributed by atoms with Crippen LogP contribution in [0.2, 0.25) is 10.0 Å². The summed E-state index contributed by atoms with van der Waals surface area (Å²) in [6, 6.07) is 1.38. The largest absolute Gasteiger partial charge is 0.490 e. The minimum atomic E-state index is -1.13. The highest BCUT2D eigenvalue weighted by Gasteiger charge is 2.34. The molecule has 1 aromatic heterocycles. The zero-order chi connectivity index (χ0) is 34.7. The zero-order valence-electron chi connectivity index (χ0n) is 25.7. The van der Waals surface area contributed by atoms with Crippen LogP contribution in [0.4, 0.5) is 8.78 Å². The number of fused-ring (bicyclic) bond motifs is 2. The Morgan fingerprint density at radius 1 is 0.851 bits per heavy atom. The first-order valence-electron chi connectivity index (χ1n) is 14.3. The van der Waals surface area contributed by atoms with Crippen molar-refractivity contribution in [1.82, 2.24) is 4.90 Å². The van der Waals surface area contributed by atoms with Crippen LogP contribution in [0.25, 0.3) is 10.1 Å². The quantitative estimate of drug-likeness (QED) is 0.130. The maximum Gasteiger partial charge on any atom is 0.306 e. The second-order valence-electron chi connectivity index (χ2n) is 10.9. The molecule has 3 aromatic rings. The van der Waals surface area contributed by atoms with Gasteiger partial charge in [0, 0.05) is 48.9 Å². The molecule has 1 aliphatic heterocycles. The standard InChI is InChI=1S/C31H31Cl2F2NO10S/c1-13(30(39)40)8-18(37)19-10-15-21(32)25(28(44-4)24(35)29(15)47-19)45-6-5-7-46-26-22(33)16-11-36(20(38)9-14(2)31(41)42)12-17(16)23(34)27(26)43-3/h10,13-14H,5-9,11-12H2,1-4H3,(H,39,40)(H,41,42). The van der Waals surface area contributed by atoms with E-state index >= 15 is 8.78 Å². The van der Waals surface area contributed by atoms with Gasteiger partial charge in [0.15, 0.2) is 40.4 Å². The predicted molar refractivity (Wildman–Crippen MR) is 168 cm³/mol. The Balaban J connectivity index is 1.46. The number of hydrogen-bond acceptors (Lipinski definition) is 9. The number of hydrogen-bond donors (Lipinski definition) is 2. The topological polar surface area (TPSA) is 149 Å². The minimum Gasteiger partial charge on any atom is -0.490 e. The summed E-state index contributed by atoms with van der Waals surface area (Å²) in [6.07, 6.45) is -0.352. The number of carboxylic acids is 2. The Labute approximate surface area is 281 Å². The van der Waals surface area contributed by atoms with Crippen molar-refractivity contribution in [1.29, 1.82) is 0 Å². The van der Waals surface area contributed by atoms with E-state index in [1.807, 2.05) is 0 Å². The highest BCUT2D eigenvalue weighted by atomic mass is 35.5. The SMILES string of the molecule is COc1c(F)c2c(c(Cl)c1OCCCOc1c(OC)c(F)c3sc(C(=O)CC(C)C(=O)O)cc3c1Cl)CN(C(=O)CC(C)C(=O)O)C2. The van der Waals surface area contributed by atoms with E-state index < -0.39 is 47.1 Å². The summed E-state index contributed by atoms with van der Waals surface area (Å²) >= 11 is 14.0. The van der Waals surface area contributed by atoms with Gasteiger partial charge in [0.1, 0.15) is 0 Å². The molecule has 4 rings (SSSR count). The highest BCUT2D eigenvalue weighted by Crippen LogP contribution is 2.48. The van der Waals surface area contributed by atoms with E-state index in [1.54, 1.807) is 0 Å². The molecule has 0 radical (unpaired) electrons. The molecule has 1 amide bonds. The van der Waals surface area contributed by atoms with Crippen molar-refractivity contribution in [2.75, 3.05) is 27.4 Å². The molecule has 0 aliphatic carbocycles. The van der Waals surface area contributed by atoms with Crippen molar-refractivity contribution in [2.45, 2.75) is 46.2 Å². The van der Waals surface area contributed by atoms with Crippen molar-refractivity contribution >= 4 is 68.3 Å². The lowest BCUT2D eigenvalue weighted by Gasteiger charge is -2.17. The van der Waals surface area contributed by atoms with E-state index in [0.717, 1.165) is 11.3 Å². The summed E-state index contributed by atoms with van der Waals surface area (Å²) in [6.45, 7) is 2.53. The highest BCUT2D eigenvalue weighted by molar-refractivity contribution is 7.21. The molecular formula is C31H31Cl2F2NO10S. The third-order valence-corrected chi connectivity index (χ3v) is 9.55. The number of ketones is 1. The number of carbonyl (C=O) groups is 4. The van der Waals surface area contributed by atoms with Crippen LogP contribution in [0.5, 0.6) is 23.0 Å². The number of carbonyl (C=O) groups excluding carboxylic acids is 2. The molecule has 2 atom stereocenters. The smallest absolute Gasteiger partial charge is 0.306 e. The second-order valence-corrected chi connectivity index (χ2v) is 12.7. The second kappa shape index (κ2) is 14.9. The molecule has 0 spiro atoms. The van der Waals surface area contributed by atoms with Crippen molar-refractivity contribution in [2.24, 2.45) is 11.8 Å². The Bertz CT molecular complexity index is 1750. The average Bonchev–Trinajstić information content (AvgIpc) is 3.68. The first-order chi connectivity index (χ1) is 22.2.